The predicted octanol–water partition coefficient (Wildman–Crippen LogP) is 15.8. The number of rotatable bonds is 6. The minimum Gasteiger partial charge on any atom is -0.0622 e. The van der Waals surface area contributed by atoms with E-state index in [2.05, 4.69) is 163 Å². The highest BCUT2D eigenvalue weighted by Crippen LogP contribution is 2.48. The monoisotopic (exact) mass is 687 g/mol. The summed E-state index contributed by atoms with van der Waals surface area (Å²) in [5.41, 5.74) is 8.97. The summed E-state index contributed by atoms with van der Waals surface area (Å²) < 4.78 is 44.4. The van der Waals surface area contributed by atoms with Crippen LogP contribution in [0, 0.1) is 0 Å². The Balaban J connectivity index is 1.47. The molecule has 0 heterocycles. The average molecular weight is 688 g/mol. The number of hydrogen-bond donors (Lipinski definition) is 0. The van der Waals surface area contributed by atoms with Crippen molar-refractivity contribution in [3.05, 3.63) is 168 Å². The zero-order valence-electron chi connectivity index (χ0n) is 36.3. The fourth-order valence-electron chi connectivity index (χ4n) is 8.30. The van der Waals surface area contributed by atoms with Gasteiger partial charge in [-0.25, -0.2) is 0 Å². The first-order chi connectivity index (χ1) is 27.8. The summed E-state index contributed by atoms with van der Waals surface area (Å²) in [6.07, 6.45) is 0. The van der Waals surface area contributed by atoms with Crippen LogP contribution in [0.4, 0.5) is 0 Å². The third kappa shape index (κ3) is 5.60. The molecule has 9 rings (SSSR count). The SMILES string of the molecule is [2H]c1c([2H])c([2H])c(-c2c3cc(C(C)C)ccc3c(-c3cc4ccc(C(C)C)cc4c4cc(-c5cccc6ccccc56)ccc34)c3ccc(C(C)C)cc23)c([2H])c1[2H]. The van der Waals surface area contributed by atoms with Gasteiger partial charge in [0.1, 0.15) is 0 Å². The molecule has 0 aliphatic carbocycles. The van der Waals surface area contributed by atoms with E-state index in [9.17, 15) is 2.74 Å². The third-order valence-corrected chi connectivity index (χ3v) is 11.3. The van der Waals surface area contributed by atoms with Gasteiger partial charge in [-0.1, -0.05) is 181 Å². The lowest BCUT2D eigenvalue weighted by molar-refractivity contribution is 0.868. The van der Waals surface area contributed by atoms with Gasteiger partial charge in [-0.05, 0) is 134 Å². The second-order valence-electron chi connectivity index (χ2n) is 15.5. The second-order valence-corrected chi connectivity index (χ2v) is 15.5. The lowest BCUT2D eigenvalue weighted by atomic mass is 9.81. The molecule has 0 bridgehead atoms. The summed E-state index contributed by atoms with van der Waals surface area (Å²) in [5.74, 6) is 0.790. The Hall–Kier alpha value is -5.72. The van der Waals surface area contributed by atoms with Crippen LogP contribution in [0.1, 0.15) is 82.8 Å². The standard InChI is InChI=1S/C53H46/c1-32(2)37-19-20-41-31-49(44-24-23-40(30-48(44)47(41)27-37)43-18-12-16-35-13-10-11-17-42(35)43)53-45-25-21-38(33(3)4)28-50(45)52(36-14-8-7-9-15-36)51-29-39(34(5)6)22-26-46(51)53/h7-34H,1-6H3/i7D,8D,9D,14D,15D. The molecular weight excluding hydrogens is 637 g/mol. The van der Waals surface area contributed by atoms with Gasteiger partial charge < -0.3 is 0 Å². The van der Waals surface area contributed by atoms with E-state index in [1.807, 2.05) is 0 Å². The van der Waals surface area contributed by atoms with Gasteiger partial charge >= 0.3 is 0 Å². The third-order valence-electron chi connectivity index (χ3n) is 11.3. The first-order valence-electron chi connectivity index (χ1n) is 21.4. The summed E-state index contributed by atoms with van der Waals surface area (Å²) in [6.45, 7) is 13.1. The molecule has 0 spiro atoms. The Labute approximate surface area is 320 Å². The molecule has 0 aliphatic heterocycles. The van der Waals surface area contributed by atoms with Crippen molar-refractivity contribution in [3.8, 4) is 33.4 Å². The highest BCUT2D eigenvalue weighted by atomic mass is 14.2. The van der Waals surface area contributed by atoms with E-state index in [0.717, 1.165) is 60.1 Å². The fraction of sp³-hybridized carbons (Fsp3) is 0.170. The topological polar surface area (TPSA) is 0 Å². The summed E-state index contributed by atoms with van der Waals surface area (Å²) in [4.78, 5) is 0. The molecule has 0 N–H and O–H groups in total. The fourth-order valence-corrected chi connectivity index (χ4v) is 8.30. The Bertz CT molecular complexity index is 3050. The van der Waals surface area contributed by atoms with Crippen LogP contribution in [0.2, 0.25) is 0 Å². The summed E-state index contributed by atoms with van der Waals surface area (Å²) in [5, 5.41) is 10.8. The quantitative estimate of drug-likeness (QED) is 0.121. The number of benzene rings is 9. The van der Waals surface area contributed by atoms with Crippen molar-refractivity contribution in [2.24, 2.45) is 0 Å². The Morgan fingerprint density at radius 3 is 1.60 bits per heavy atom. The van der Waals surface area contributed by atoms with Gasteiger partial charge in [0.15, 0.2) is 0 Å². The van der Waals surface area contributed by atoms with E-state index in [1.54, 1.807) is 0 Å². The van der Waals surface area contributed by atoms with Gasteiger partial charge in [0.25, 0.3) is 0 Å². The van der Waals surface area contributed by atoms with Crippen molar-refractivity contribution in [1.29, 1.82) is 0 Å². The summed E-state index contributed by atoms with van der Waals surface area (Å²) in [6, 6.07) is 42.9. The molecule has 0 aliphatic rings. The van der Waals surface area contributed by atoms with Gasteiger partial charge in [0.2, 0.25) is 0 Å². The first kappa shape index (κ1) is 27.9. The Morgan fingerprint density at radius 1 is 0.358 bits per heavy atom. The Kier molecular flexibility index (Phi) is 6.86. The molecule has 258 valence electrons. The lowest BCUT2D eigenvalue weighted by Gasteiger charge is -2.22. The summed E-state index contributed by atoms with van der Waals surface area (Å²) in [7, 11) is 0. The van der Waals surface area contributed by atoms with E-state index >= 15 is 0 Å². The molecule has 0 unspecified atom stereocenters. The molecule has 53 heavy (non-hydrogen) atoms. The van der Waals surface area contributed by atoms with Crippen LogP contribution in [0.5, 0.6) is 0 Å². The second kappa shape index (κ2) is 13.0. The van der Waals surface area contributed by atoms with Crippen molar-refractivity contribution in [3.63, 3.8) is 0 Å². The van der Waals surface area contributed by atoms with E-state index in [4.69, 9.17) is 4.11 Å². The maximum atomic E-state index is 9.23. The lowest BCUT2D eigenvalue weighted by Crippen LogP contribution is -1.96. The highest BCUT2D eigenvalue weighted by Gasteiger charge is 2.21. The molecular formula is C53H46. The molecule has 0 amide bonds. The molecule has 0 heteroatoms. The molecule has 0 nitrogen and oxygen atoms in total. The van der Waals surface area contributed by atoms with Crippen LogP contribution in [0.3, 0.4) is 0 Å². The van der Waals surface area contributed by atoms with Crippen LogP contribution >= 0.6 is 0 Å². The minimum absolute atomic E-state index is 0.190. The molecule has 0 radical (unpaired) electrons. The number of fused-ring (bicyclic) bond motifs is 6. The van der Waals surface area contributed by atoms with Gasteiger partial charge in [-0.3, -0.25) is 0 Å². The largest absolute Gasteiger partial charge is 0.0629 e. The van der Waals surface area contributed by atoms with Crippen LogP contribution in [-0.4, -0.2) is 0 Å². The highest BCUT2D eigenvalue weighted by molar-refractivity contribution is 6.26. The molecule has 9 aromatic rings. The van der Waals surface area contributed by atoms with Crippen LogP contribution in [-0.2, 0) is 0 Å². The van der Waals surface area contributed by atoms with Gasteiger partial charge in [0.05, 0.1) is 6.85 Å². The molecule has 0 aromatic heterocycles. The smallest absolute Gasteiger partial charge is 0.0622 e. The maximum absolute atomic E-state index is 9.23. The van der Waals surface area contributed by atoms with Crippen molar-refractivity contribution < 1.29 is 6.85 Å². The Morgan fingerprint density at radius 2 is 0.943 bits per heavy atom. The van der Waals surface area contributed by atoms with Crippen LogP contribution in [0.15, 0.2) is 152 Å². The number of hydrogen-bond acceptors (Lipinski definition) is 0. The van der Waals surface area contributed by atoms with Crippen molar-refractivity contribution in [2.75, 3.05) is 0 Å². The van der Waals surface area contributed by atoms with Crippen molar-refractivity contribution in [1.82, 2.24) is 0 Å². The molecule has 0 fully saturated rings. The predicted molar refractivity (Wildman–Crippen MR) is 233 cm³/mol. The molecule has 0 saturated heterocycles. The average Bonchev–Trinajstić information content (AvgIpc) is 3.23. The minimum atomic E-state index is -0.388. The molecule has 9 aromatic carbocycles. The van der Waals surface area contributed by atoms with Crippen molar-refractivity contribution in [2.45, 2.75) is 59.3 Å². The summed E-state index contributed by atoms with van der Waals surface area (Å²) >= 11 is 0. The zero-order chi connectivity index (χ0) is 40.7. The van der Waals surface area contributed by atoms with Crippen molar-refractivity contribution >= 4 is 53.9 Å². The van der Waals surface area contributed by atoms with Gasteiger partial charge in [0, 0.05) is 0 Å². The maximum Gasteiger partial charge on any atom is 0.0629 e. The van der Waals surface area contributed by atoms with E-state index < -0.39 is 0 Å². The zero-order valence-corrected chi connectivity index (χ0v) is 31.3. The normalized spacial score (nSPS) is 13.4. The van der Waals surface area contributed by atoms with E-state index in [0.29, 0.717) is 11.5 Å². The van der Waals surface area contributed by atoms with Crippen LogP contribution in [0.25, 0.3) is 87.2 Å². The van der Waals surface area contributed by atoms with E-state index in [-0.39, 0.29) is 47.6 Å². The van der Waals surface area contributed by atoms with Gasteiger partial charge in [-0.2, -0.15) is 0 Å². The van der Waals surface area contributed by atoms with E-state index in [1.165, 1.54) is 32.7 Å². The first-order valence-corrected chi connectivity index (χ1v) is 18.9. The van der Waals surface area contributed by atoms with Crippen LogP contribution < -0.4 is 0 Å². The van der Waals surface area contributed by atoms with Gasteiger partial charge in [-0.15, -0.1) is 0 Å². The molecule has 0 atom stereocenters. The molecule has 0 saturated carbocycles.